The summed E-state index contributed by atoms with van der Waals surface area (Å²) in [4.78, 5) is 20.9. The van der Waals surface area contributed by atoms with Gasteiger partial charge in [-0.1, -0.05) is 35.9 Å². The number of guanidine groups is 1. The van der Waals surface area contributed by atoms with Gasteiger partial charge in [-0.15, -0.1) is 0 Å². The molecule has 0 aliphatic heterocycles. The van der Waals surface area contributed by atoms with Crippen LogP contribution in [-0.4, -0.2) is 30.0 Å². The summed E-state index contributed by atoms with van der Waals surface area (Å²) in [5.41, 5.74) is 4.56. The molecule has 1 amide bonds. The van der Waals surface area contributed by atoms with Crippen LogP contribution in [0.4, 0.5) is 5.69 Å². The maximum Gasteiger partial charge on any atom is 0.257 e. The van der Waals surface area contributed by atoms with Gasteiger partial charge in [0.1, 0.15) is 5.75 Å². The molecule has 1 aromatic heterocycles. The second kappa shape index (κ2) is 10.9. The van der Waals surface area contributed by atoms with Crippen LogP contribution in [0, 0.1) is 6.92 Å². The second-order valence-electron chi connectivity index (χ2n) is 7.84. The van der Waals surface area contributed by atoms with Crippen LogP contribution >= 0.6 is 11.6 Å². The molecule has 0 saturated carbocycles. The average Bonchev–Trinajstić information content (AvgIpc) is 3.25. The standard InChI is InChI=1S/C27H27ClN4O2/c1-3-34-22-12-9-19(10-13-22)26(33)32-27(31-25-16-21(28)11-8-18(25)2)29-15-14-20-17-30-24-7-5-4-6-23(20)24/h4-13,16-17,30H,3,14-15H2,1-2H3,(H2,29,31,32,33). The number of para-hydroxylation sites is 1. The number of hydrogen-bond acceptors (Lipinski definition) is 3. The first kappa shape index (κ1) is 23.4. The highest BCUT2D eigenvalue weighted by molar-refractivity contribution is 6.31. The molecule has 0 saturated heterocycles. The number of nitrogens with one attached hydrogen (secondary N) is 3. The maximum absolute atomic E-state index is 12.9. The van der Waals surface area contributed by atoms with Crippen molar-refractivity contribution in [1.82, 2.24) is 10.3 Å². The number of anilines is 1. The number of aromatic nitrogens is 1. The first-order chi connectivity index (χ1) is 16.5. The molecule has 3 N–H and O–H groups in total. The van der Waals surface area contributed by atoms with Crippen LogP contribution in [0.15, 0.2) is 77.9 Å². The fourth-order valence-corrected chi connectivity index (χ4v) is 3.81. The number of H-pyrrole nitrogens is 1. The summed E-state index contributed by atoms with van der Waals surface area (Å²) in [7, 11) is 0. The van der Waals surface area contributed by atoms with Gasteiger partial charge < -0.3 is 15.0 Å². The molecule has 4 rings (SSSR count). The SMILES string of the molecule is CCOc1ccc(C(=O)NC(=NCCc2c[nH]c3ccccc23)Nc2cc(Cl)ccc2C)cc1. The van der Waals surface area contributed by atoms with E-state index in [2.05, 4.69) is 26.7 Å². The smallest absolute Gasteiger partial charge is 0.257 e. The predicted molar refractivity (Wildman–Crippen MR) is 139 cm³/mol. The summed E-state index contributed by atoms with van der Waals surface area (Å²) in [5.74, 6) is 0.824. The minimum atomic E-state index is -0.263. The highest BCUT2D eigenvalue weighted by Gasteiger charge is 2.11. The number of halogens is 1. The zero-order valence-electron chi connectivity index (χ0n) is 19.2. The predicted octanol–water partition coefficient (Wildman–Crippen LogP) is 5.97. The lowest BCUT2D eigenvalue weighted by atomic mass is 10.1. The van der Waals surface area contributed by atoms with E-state index in [0.29, 0.717) is 29.7 Å². The molecular formula is C27H27ClN4O2. The van der Waals surface area contributed by atoms with Crippen molar-refractivity contribution in [2.45, 2.75) is 20.3 Å². The minimum absolute atomic E-state index is 0.263. The second-order valence-corrected chi connectivity index (χ2v) is 8.27. The van der Waals surface area contributed by atoms with Crippen LogP contribution in [-0.2, 0) is 6.42 Å². The van der Waals surface area contributed by atoms with Gasteiger partial charge >= 0.3 is 0 Å². The van der Waals surface area contributed by atoms with E-state index >= 15 is 0 Å². The summed E-state index contributed by atoms with van der Waals surface area (Å²) < 4.78 is 5.46. The summed E-state index contributed by atoms with van der Waals surface area (Å²) in [6.45, 7) is 4.95. The van der Waals surface area contributed by atoms with Gasteiger partial charge in [0.2, 0.25) is 5.96 Å². The lowest BCUT2D eigenvalue weighted by Crippen LogP contribution is -2.36. The van der Waals surface area contributed by atoms with Gasteiger partial charge in [0, 0.05) is 39.9 Å². The number of aryl methyl sites for hydroxylation is 1. The number of hydrogen-bond donors (Lipinski definition) is 3. The highest BCUT2D eigenvalue weighted by atomic mass is 35.5. The summed E-state index contributed by atoms with van der Waals surface area (Å²) in [5, 5.41) is 7.92. The van der Waals surface area contributed by atoms with E-state index in [-0.39, 0.29) is 5.91 Å². The maximum atomic E-state index is 12.9. The van der Waals surface area contributed by atoms with Crippen LogP contribution in [0.25, 0.3) is 10.9 Å². The first-order valence-electron chi connectivity index (χ1n) is 11.2. The molecule has 174 valence electrons. The number of fused-ring (bicyclic) bond motifs is 1. The van der Waals surface area contributed by atoms with E-state index in [1.165, 1.54) is 10.9 Å². The fourth-order valence-electron chi connectivity index (χ4n) is 3.64. The van der Waals surface area contributed by atoms with Crippen LogP contribution < -0.4 is 15.4 Å². The van der Waals surface area contributed by atoms with Crippen molar-refractivity contribution in [3.63, 3.8) is 0 Å². The Kier molecular flexibility index (Phi) is 7.50. The Hall–Kier alpha value is -3.77. The number of rotatable bonds is 7. The zero-order chi connectivity index (χ0) is 23.9. The van der Waals surface area contributed by atoms with E-state index in [1.54, 1.807) is 24.3 Å². The zero-order valence-corrected chi connectivity index (χ0v) is 19.9. The van der Waals surface area contributed by atoms with Gasteiger partial charge in [-0.2, -0.15) is 0 Å². The molecule has 0 bridgehead atoms. The Morgan fingerprint density at radius 3 is 2.68 bits per heavy atom. The van der Waals surface area contributed by atoms with Crippen molar-refractivity contribution < 1.29 is 9.53 Å². The third-order valence-electron chi connectivity index (χ3n) is 5.44. The molecule has 0 radical (unpaired) electrons. The Labute approximate surface area is 204 Å². The molecule has 3 aromatic carbocycles. The molecule has 7 heteroatoms. The molecular weight excluding hydrogens is 448 g/mol. The summed E-state index contributed by atoms with van der Waals surface area (Å²) >= 11 is 6.19. The molecule has 6 nitrogen and oxygen atoms in total. The van der Waals surface area contributed by atoms with Crippen molar-refractivity contribution in [3.05, 3.63) is 94.6 Å². The van der Waals surface area contributed by atoms with E-state index in [4.69, 9.17) is 16.3 Å². The molecule has 0 atom stereocenters. The number of amides is 1. The molecule has 0 fully saturated rings. The van der Waals surface area contributed by atoms with Gasteiger partial charge in [-0.05, 0) is 73.9 Å². The van der Waals surface area contributed by atoms with E-state index in [9.17, 15) is 4.79 Å². The summed E-state index contributed by atoms with van der Waals surface area (Å²) in [6.07, 6.45) is 2.73. The molecule has 0 unspecified atom stereocenters. The van der Waals surface area contributed by atoms with Crippen LogP contribution in [0.3, 0.4) is 0 Å². The topological polar surface area (TPSA) is 78.5 Å². The number of carbonyl (C=O) groups excluding carboxylic acids is 1. The van der Waals surface area contributed by atoms with Crippen molar-refractivity contribution >= 4 is 40.1 Å². The Morgan fingerprint density at radius 2 is 1.88 bits per heavy atom. The van der Waals surface area contributed by atoms with E-state index in [0.717, 1.165) is 28.9 Å². The van der Waals surface area contributed by atoms with Gasteiger partial charge in [0.15, 0.2) is 0 Å². The van der Waals surface area contributed by atoms with Crippen molar-refractivity contribution in [1.29, 1.82) is 0 Å². The van der Waals surface area contributed by atoms with Gasteiger partial charge in [0.05, 0.1) is 6.61 Å². The Balaban J connectivity index is 1.53. The number of carbonyl (C=O) groups is 1. The van der Waals surface area contributed by atoms with Gasteiger partial charge in [-0.25, -0.2) is 0 Å². The van der Waals surface area contributed by atoms with Crippen molar-refractivity contribution in [2.75, 3.05) is 18.5 Å². The first-order valence-corrected chi connectivity index (χ1v) is 11.6. The minimum Gasteiger partial charge on any atom is -0.494 e. The third kappa shape index (κ3) is 5.77. The lowest BCUT2D eigenvalue weighted by molar-refractivity contribution is 0.0977. The third-order valence-corrected chi connectivity index (χ3v) is 5.67. The van der Waals surface area contributed by atoms with Crippen LogP contribution in [0.1, 0.15) is 28.4 Å². The number of aromatic amines is 1. The quantitative estimate of drug-likeness (QED) is 0.228. The number of nitrogens with zero attached hydrogens (tertiary/aromatic N) is 1. The fraction of sp³-hybridized carbons (Fsp3) is 0.185. The molecule has 1 heterocycles. The number of aliphatic imine (C=N–C) groups is 1. The van der Waals surface area contributed by atoms with Gasteiger partial charge in [0.25, 0.3) is 5.91 Å². The summed E-state index contributed by atoms with van der Waals surface area (Å²) in [6, 6.07) is 20.7. The number of ether oxygens (including phenoxy) is 1. The van der Waals surface area contributed by atoms with E-state index in [1.807, 2.05) is 56.4 Å². The largest absolute Gasteiger partial charge is 0.494 e. The monoisotopic (exact) mass is 474 g/mol. The lowest BCUT2D eigenvalue weighted by Gasteiger charge is -2.14. The van der Waals surface area contributed by atoms with Crippen LogP contribution in [0.5, 0.6) is 5.75 Å². The van der Waals surface area contributed by atoms with Gasteiger partial charge in [-0.3, -0.25) is 15.1 Å². The Bertz CT molecular complexity index is 1310. The van der Waals surface area contributed by atoms with Crippen molar-refractivity contribution in [3.8, 4) is 5.75 Å². The molecule has 4 aromatic rings. The molecule has 0 aliphatic rings. The highest BCUT2D eigenvalue weighted by Crippen LogP contribution is 2.21. The number of benzene rings is 3. The molecule has 0 aliphatic carbocycles. The average molecular weight is 475 g/mol. The normalized spacial score (nSPS) is 11.4. The molecule has 34 heavy (non-hydrogen) atoms. The van der Waals surface area contributed by atoms with Crippen molar-refractivity contribution in [2.24, 2.45) is 4.99 Å². The van der Waals surface area contributed by atoms with E-state index < -0.39 is 0 Å². The Morgan fingerprint density at radius 1 is 1.09 bits per heavy atom. The van der Waals surface area contributed by atoms with Crippen LogP contribution in [0.2, 0.25) is 5.02 Å². The molecule has 0 spiro atoms.